The van der Waals surface area contributed by atoms with Crippen LogP contribution in [0.3, 0.4) is 0 Å². The maximum absolute atomic E-state index is 12.9. The van der Waals surface area contributed by atoms with Crippen molar-refractivity contribution < 1.29 is 4.39 Å². The van der Waals surface area contributed by atoms with Crippen molar-refractivity contribution in [2.45, 2.75) is 12.5 Å². The maximum atomic E-state index is 12.9. The lowest BCUT2D eigenvalue weighted by Crippen LogP contribution is -2.28. The molecule has 5 heteroatoms. The summed E-state index contributed by atoms with van der Waals surface area (Å²) in [5.74, 6) is 5.45. The van der Waals surface area contributed by atoms with Gasteiger partial charge in [-0.3, -0.25) is 11.3 Å². The van der Waals surface area contributed by atoms with Crippen molar-refractivity contribution in [1.82, 2.24) is 5.43 Å². The smallest absolute Gasteiger partial charge is 0.123 e. The minimum atomic E-state index is -0.211. The minimum absolute atomic E-state index is 0.0649. The molecule has 0 fully saturated rings. The molecular formula is C14H13FN2S2. The predicted molar refractivity (Wildman–Crippen MR) is 79.9 cm³/mol. The second kappa shape index (κ2) is 5.38. The Morgan fingerprint density at radius 3 is 2.63 bits per heavy atom. The van der Waals surface area contributed by atoms with Crippen molar-refractivity contribution in [3.8, 4) is 0 Å². The van der Waals surface area contributed by atoms with Gasteiger partial charge in [0.15, 0.2) is 0 Å². The highest BCUT2D eigenvalue weighted by atomic mass is 32.1. The summed E-state index contributed by atoms with van der Waals surface area (Å²) in [6, 6.07) is 10.9. The molecule has 0 spiro atoms. The number of halogens is 1. The van der Waals surface area contributed by atoms with Crippen molar-refractivity contribution in [3.05, 3.63) is 58.0 Å². The molecule has 0 bridgehead atoms. The first-order chi connectivity index (χ1) is 9.26. The molecule has 2 nitrogen and oxygen atoms in total. The number of hydrogen-bond acceptors (Lipinski definition) is 4. The van der Waals surface area contributed by atoms with Crippen LogP contribution in [0.25, 0.3) is 9.40 Å². The van der Waals surface area contributed by atoms with Crippen molar-refractivity contribution in [1.29, 1.82) is 0 Å². The molecule has 0 aliphatic rings. The molecule has 1 aromatic carbocycles. The lowest BCUT2D eigenvalue weighted by molar-refractivity contribution is 0.559. The van der Waals surface area contributed by atoms with Gasteiger partial charge in [-0.1, -0.05) is 12.1 Å². The lowest BCUT2D eigenvalue weighted by Gasteiger charge is -2.14. The molecule has 0 aliphatic heterocycles. The topological polar surface area (TPSA) is 38.0 Å². The fourth-order valence-corrected chi connectivity index (χ4v) is 4.23. The summed E-state index contributed by atoms with van der Waals surface area (Å²) >= 11 is 3.49. The van der Waals surface area contributed by atoms with Crippen molar-refractivity contribution in [2.75, 3.05) is 0 Å². The fraction of sp³-hybridized carbons (Fsp3) is 0.143. The van der Waals surface area contributed by atoms with Gasteiger partial charge in [0.2, 0.25) is 0 Å². The Morgan fingerprint density at radius 2 is 1.95 bits per heavy atom. The van der Waals surface area contributed by atoms with Gasteiger partial charge in [-0.15, -0.1) is 22.7 Å². The van der Waals surface area contributed by atoms with E-state index in [0.717, 1.165) is 12.0 Å². The van der Waals surface area contributed by atoms with Gasteiger partial charge >= 0.3 is 0 Å². The van der Waals surface area contributed by atoms with Gasteiger partial charge in [-0.25, -0.2) is 4.39 Å². The van der Waals surface area contributed by atoms with Crippen LogP contribution in [0.15, 0.2) is 41.8 Å². The Bertz CT molecular complexity index is 644. The molecule has 2 aromatic heterocycles. The molecule has 1 unspecified atom stereocenters. The van der Waals surface area contributed by atoms with E-state index in [4.69, 9.17) is 5.84 Å². The van der Waals surface area contributed by atoms with Gasteiger partial charge in [0, 0.05) is 14.3 Å². The first-order valence-corrected chi connectivity index (χ1v) is 7.63. The van der Waals surface area contributed by atoms with Crippen LogP contribution in [0.4, 0.5) is 4.39 Å². The highest BCUT2D eigenvalue weighted by Crippen LogP contribution is 2.34. The molecule has 1 atom stereocenters. The number of nitrogens with two attached hydrogens (primary N) is 1. The first kappa shape index (κ1) is 12.7. The van der Waals surface area contributed by atoms with E-state index >= 15 is 0 Å². The summed E-state index contributed by atoms with van der Waals surface area (Å²) in [6.45, 7) is 0. The zero-order valence-corrected chi connectivity index (χ0v) is 11.7. The average Bonchev–Trinajstić information content (AvgIpc) is 2.99. The number of thiophene rings is 2. The molecule has 0 amide bonds. The summed E-state index contributed by atoms with van der Waals surface area (Å²) in [7, 11) is 0. The van der Waals surface area contributed by atoms with Crippen LogP contribution in [-0.2, 0) is 6.42 Å². The Morgan fingerprint density at radius 1 is 1.16 bits per heavy atom. The second-order valence-electron chi connectivity index (χ2n) is 4.35. The predicted octanol–water partition coefficient (Wildman–Crippen LogP) is 3.85. The number of nitrogens with one attached hydrogen (secondary N) is 1. The van der Waals surface area contributed by atoms with E-state index < -0.39 is 0 Å². The monoisotopic (exact) mass is 292 g/mol. The van der Waals surface area contributed by atoms with Crippen LogP contribution >= 0.6 is 22.7 Å². The molecule has 19 heavy (non-hydrogen) atoms. The van der Waals surface area contributed by atoms with E-state index in [9.17, 15) is 4.39 Å². The fourth-order valence-electron chi connectivity index (χ4n) is 2.05. The van der Waals surface area contributed by atoms with Crippen molar-refractivity contribution in [3.63, 3.8) is 0 Å². The van der Waals surface area contributed by atoms with Gasteiger partial charge in [-0.05, 0) is 41.6 Å². The first-order valence-electron chi connectivity index (χ1n) is 5.94. The Hall–Kier alpha value is -1.27. The van der Waals surface area contributed by atoms with E-state index in [-0.39, 0.29) is 11.9 Å². The van der Waals surface area contributed by atoms with Crippen molar-refractivity contribution >= 4 is 32.1 Å². The van der Waals surface area contributed by atoms with Crippen LogP contribution in [0, 0.1) is 5.82 Å². The SMILES string of the molecule is NNC(Cc1ccc(F)cc1)c1cc2sccc2s1. The summed E-state index contributed by atoms with van der Waals surface area (Å²) < 4.78 is 15.5. The minimum Gasteiger partial charge on any atom is -0.271 e. The number of fused-ring (bicyclic) bond motifs is 1. The largest absolute Gasteiger partial charge is 0.271 e. The molecule has 0 aliphatic carbocycles. The third kappa shape index (κ3) is 2.69. The molecule has 3 rings (SSSR count). The number of hydrazine groups is 1. The second-order valence-corrected chi connectivity index (χ2v) is 6.41. The van der Waals surface area contributed by atoms with E-state index in [1.54, 1.807) is 34.8 Å². The maximum Gasteiger partial charge on any atom is 0.123 e. The Kier molecular flexibility index (Phi) is 3.61. The summed E-state index contributed by atoms with van der Waals surface area (Å²) in [5, 5.41) is 2.09. The van der Waals surface area contributed by atoms with Gasteiger partial charge in [0.25, 0.3) is 0 Å². The lowest BCUT2D eigenvalue weighted by atomic mass is 10.1. The van der Waals surface area contributed by atoms with E-state index in [0.29, 0.717) is 0 Å². The highest BCUT2D eigenvalue weighted by Gasteiger charge is 2.14. The molecule has 3 aromatic rings. The van der Waals surface area contributed by atoms with E-state index in [2.05, 4.69) is 22.9 Å². The average molecular weight is 292 g/mol. The summed E-state index contributed by atoms with van der Waals surface area (Å²) in [5.41, 5.74) is 3.92. The van der Waals surface area contributed by atoms with Crippen LogP contribution in [0.2, 0.25) is 0 Å². The van der Waals surface area contributed by atoms with Gasteiger partial charge in [-0.2, -0.15) is 0 Å². The van der Waals surface area contributed by atoms with Gasteiger partial charge in [0.1, 0.15) is 5.82 Å². The third-order valence-electron chi connectivity index (χ3n) is 3.06. The molecule has 3 N–H and O–H groups in total. The molecule has 0 saturated heterocycles. The summed E-state index contributed by atoms with van der Waals surface area (Å²) in [4.78, 5) is 1.22. The standard InChI is InChI=1S/C14H13FN2S2/c15-10-3-1-9(2-4-10)7-11(17-16)13-8-14-12(19-13)5-6-18-14/h1-6,8,11,17H,7,16H2. The molecule has 2 heterocycles. The quantitative estimate of drug-likeness (QED) is 0.566. The van der Waals surface area contributed by atoms with Crippen LogP contribution in [0.1, 0.15) is 16.5 Å². The van der Waals surface area contributed by atoms with Gasteiger partial charge < -0.3 is 0 Å². The normalized spacial score (nSPS) is 12.9. The third-order valence-corrected chi connectivity index (χ3v) is 5.26. The number of rotatable bonds is 4. The zero-order valence-electron chi connectivity index (χ0n) is 10.1. The Labute approximate surface area is 118 Å². The van der Waals surface area contributed by atoms with E-state index in [1.165, 1.54) is 26.4 Å². The van der Waals surface area contributed by atoms with Crippen LogP contribution < -0.4 is 11.3 Å². The van der Waals surface area contributed by atoms with Gasteiger partial charge in [0.05, 0.1) is 6.04 Å². The highest BCUT2D eigenvalue weighted by molar-refractivity contribution is 7.26. The zero-order chi connectivity index (χ0) is 13.2. The molecular weight excluding hydrogens is 279 g/mol. The van der Waals surface area contributed by atoms with Crippen LogP contribution in [-0.4, -0.2) is 0 Å². The number of benzene rings is 1. The van der Waals surface area contributed by atoms with Crippen LogP contribution in [0.5, 0.6) is 0 Å². The summed E-state index contributed by atoms with van der Waals surface area (Å²) in [6.07, 6.45) is 0.755. The van der Waals surface area contributed by atoms with E-state index in [1.807, 2.05) is 0 Å². The number of hydrogen-bond donors (Lipinski definition) is 2. The van der Waals surface area contributed by atoms with Crippen molar-refractivity contribution in [2.24, 2.45) is 5.84 Å². The molecule has 98 valence electrons. The Balaban J connectivity index is 1.84. The molecule has 0 saturated carbocycles. The molecule has 0 radical (unpaired) electrons.